The van der Waals surface area contributed by atoms with Gasteiger partial charge >= 0.3 is 19.5 Å². The molecule has 0 aliphatic carbocycles. The first-order chi connectivity index (χ1) is 3.27. The molecule has 0 saturated heterocycles. The zero-order valence-electron chi connectivity index (χ0n) is 3.21. The summed E-state index contributed by atoms with van der Waals surface area (Å²) in [4.78, 5) is 16.0. The quantitative estimate of drug-likeness (QED) is 0.441. The van der Waals surface area contributed by atoms with Gasteiger partial charge in [-0.1, -0.05) is 0 Å². The van der Waals surface area contributed by atoms with Gasteiger partial charge in [-0.15, -0.1) is 0 Å². The van der Waals surface area contributed by atoms with E-state index in [2.05, 4.69) is 18.7 Å². The molecule has 0 amide bonds. The molecule has 0 atom stereocenters. The Morgan fingerprint density at radius 1 is 1.57 bits per heavy atom. The standard InChI is InChI=1S/H2O4Si3/c1-7(2)4-6-3-5/h1-2H. The van der Waals surface area contributed by atoms with Gasteiger partial charge < -0.3 is 17.8 Å². The Bertz CT molecular complexity index is 35.9. The number of hydrogen-bond donors (Lipinski definition) is 2. The number of rotatable bonds is 3. The lowest BCUT2D eigenvalue weighted by Crippen LogP contribution is -2.20. The van der Waals surface area contributed by atoms with Crippen LogP contribution < -0.4 is 0 Å². The summed E-state index contributed by atoms with van der Waals surface area (Å²) >= 11 is 0. The van der Waals surface area contributed by atoms with E-state index in [0.717, 1.165) is 0 Å². The van der Waals surface area contributed by atoms with Gasteiger partial charge in [-0.2, -0.15) is 0 Å². The van der Waals surface area contributed by atoms with E-state index in [1.54, 1.807) is 0 Å². The summed E-state index contributed by atoms with van der Waals surface area (Å²) < 4.78 is 8.33. The Hall–Kier alpha value is 0.491. The minimum atomic E-state index is -2.54. The summed E-state index contributed by atoms with van der Waals surface area (Å²) in [6.07, 6.45) is 0. The van der Waals surface area contributed by atoms with Gasteiger partial charge in [0.15, 0.2) is 0 Å². The van der Waals surface area contributed by atoms with E-state index in [1.807, 2.05) is 0 Å². The first kappa shape index (κ1) is 7.49. The number of hydrogen-bond acceptors (Lipinski definition) is 4. The summed E-state index contributed by atoms with van der Waals surface area (Å²) in [6, 6.07) is 0. The van der Waals surface area contributed by atoms with Crippen LogP contribution in [0, 0.1) is 0 Å². The van der Waals surface area contributed by atoms with E-state index >= 15 is 0 Å². The monoisotopic (exact) mass is 150 g/mol. The molecule has 6 radical (unpaired) electrons. The van der Waals surface area contributed by atoms with Crippen molar-refractivity contribution < 1.29 is 17.8 Å². The molecular weight excluding hydrogens is 148 g/mol. The largest absolute Gasteiger partial charge is 0.562 e. The summed E-state index contributed by atoms with van der Waals surface area (Å²) in [5.74, 6) is 0. The van der Waals surface area contributed by atoms with Crippen LogP contribution in [0.15, 0.2) is 0 Å². The summed E-state index contributed by atoms with van der Waals surface area (Å²) in [5.41, 5.74) is 0. The van der Waals surface area contributed by atoms with Crippen molar-refractivity contribution in [3.8, 4) is 0 Å². The predicted molar refractivity (Wildman–Crippen MR) is 23.9 cm³/mol. The highest BCUT2D eigenvalue weighted by atomic mass is 28.4. The van der Waals surface area contributed by atoms with Crippen molar-refractivity contribution >= 4 is 30.0 Å². The van der Waals surface area contributed by atoms with Gasteiger partial charge in [0.2, 0.25) is 10.5 Å². The van der Waals surface area contributed by atoms with Crippen LogP contribution in [0.4, 0.5) is 0 Å². The molecular formula is H2O4Si3. The van der Waals surface area contributed by atoms with E-state index in [1.165, 1.54) is 0 Å². The maximum atomic E-state index is 8.02. The third kappa shape index (κ3) is 6.49. The third-order valence-electron chi connectivity index (χ3n) is 0.175. The van der Waals surface area contributed by atoms with E-state index in [4.69, 9.17) is 9.59 Å². The molecule has 0 aromatic rings. The van der Waals surface area contributed by atoms with Crippen molar-refractivity contribution in [3.63, 3.8) is 0 Å². The molecule has 0 fully saturated rings. The molecule has 0 aliphatic heterocycles. The fraction of sp³-hybridized carbons (Fsp3) is 0. The van der Waals surface area contributed by atoms with Crippen molar-refractivity contribution in [2.24, 2.45) is 0 Å². The molecule has 4 nitrogen and oxygen atoms in total. The van der Waals surface area contributed by atoms with Crippen molar-refractivity contribution in [1.29, 1.82) is 0 Å². The van der Waals surface area contributed by atoms with Crippen molar-refractivity contribution in [2.75, 3.05) is 0 Å². The maximum absolute atomic E-state index is 8.02. The third-order valence-corrected chi connectivity index (χ3v) is 1.57. The molecule has 0 unspecified atom stereocenters. The minimum Gasteiger partial charge on any atom is -0.435 e. The fourth-order valence-corrected chi connectivity index (χ4v) is 0.898. The van der Waals surface area contributed by atoms with Crippen LogP contribution in [-0.4, -0.2) is 39.6 Å². The first-order valence-electron chi connectivity index (χ1n) is 1.26. The molecule has 0 bridgehead atoms. The van der Waals surface area contributed by atoms with E-state index in [-0.39, 0.29) is 10.0 Å². The second-order valence-corrected chi connectivity index (χ2v) is 2.93. The summed E-state index contributed by atoms with van der Waals surface area (Å²) in [6.45, 7) is 0. The molecule has 0 aliphatic rings. The van der Waals surface area contributed by atoms with Gasteiger partial charge in [0.25, 0.3) is 0 Å². The Morgan fingerprint density at radius 2 is 2.14 bits per heavy atom. The van der Waals surface area contributed by atoms with Crippen molar-refractivity contribution in [2.45, 2.75) is 0 Å². The average Bonchev–Trinajstić information content (AvgIpc) is 1.61. The zero-order valence-corrected chi connectivity index (χ0v) is 6.21. The zero-order chi connectivity index (χ0) is 5.70. The SMILES string of the molecule is O[Si](O)O[Si]O[Si]. The summed E-state index contributed by atoms with van der Waals surface area (Å²) in [7, 11) is -0.285. The second kappa shape index (κ2) is 4.64. The Labute approximate surface area is 48.7 Å². The van der Waals surface area contributed by atoms with Crippen LogP contribution in [-0.2, 0) is 8.23 Å². The van der Waals surface area contributed by atoms with Crippen LogP contribution in [0.3, 0.4) is 0 Å². The summed E-state index contributed by atoms with van der Waals surface area (Å²) in [5, 5.41) is 0. The molecule has 2 N–H and O–H groups in total. The smallest absolute Gasteiger partial charge is 0.435 e. The van der Waals surface area contributed by atoms with Gasteiger partial charge in [0.1, 0.15) is 0 Å². The molecule has 0 spiro atoms. The van der Waals surface area contributed by atoms with Gasteiger partial charge in [-0.25, -0.2) is 0 Å². The molecule has 7 heavy (non-hydrogen) atoms. The van der Waals surface area contributed by atoms with Crippen LogP contribution >= 0.6 is 0 Å². The Balaban J connectivity index is 2.68. The van der Waals surface area contributed by atoms with Crippen molar-refractivity contribution in [3.05, 3.63) is 0 Å². The van der Waals surface area contributed by atoms with Gasteiger partial charge in [-0.05, 0) is 0 Å². The molecule has 0 aromatic heterocycles. The van der Waals surface area contributed by atoms with Crippen LogP contribution in [0.5, 0.6) is 0 Å². The molecule has 7 heteroatoms. The van der Waals surface area contributed by atoms with Crippen LogP contribution in [0.2, 0.25) is 0 Å². The first-order valence-corrected chi connectivity index (χ1v) is 3.79. The molecule has 0 saturated carbocycles. The van der Waals surface area contributed by atoms with Crippen LogP contribution in [0.1, 0.15) is 0 Å². The van der Waals surface area contributed by atoms with Crippen LogP contribution in [0.25, 0.3) is 0 Å². The molecule has 0 rings (SSSR count). The highest BCUT2D eigenvalue weighted by Crippen LogP contribution is 1.68. The average molecular weight is 150 g/mol. The lowest BCUT2D eigenvalue weighted by molar-refractivity contribution is 0.279. The minimum absolute atomic E-state index is 0.346. The topological polar surface area (TPSA) is 58.9 Å². The Kier molecular flexibility index (Phi) is 4.97. The van der Waals surface area contributed by atoms with Gasteiger partial charge in [0.05, 0.1) is 0 Å². The van der Waals surface area contributed by atoms with E-state index < -0.39 is 9.53 Å². The van der Waals surface area contributed by atoms with E-state index in [0.29, 0.717) is 0 Å². The lowest BCUT2D eigenvalue weighted by atomic mass is 15.7. The van der Waals surface area contributed by atoms with E-state index in [9.17, 15) is 0 Å². The molecule has 0 heterocycles. The predicted octanol–water partition coefficient (Wildman–Crippen LogP) is -2.39. The Morgan fingerprint density at radius 3 is 2.29 bits per heavy atom. The normalized spacial score (nSPS) is 10.3. The van der Waals surface area contributed by atoms with Crippen molar-refractivity contribution in [1.82, 2.24) is 0 Å². The highest BCUT2D eigenvalue weighted by Gasteiger charge is 2.04. The lowest BCUT2D eigenvalue weighted by Gasteiger charge is -1.94. The second-order valence-electron chi connectivity index (χ2n) is 0.570. The fourth-order valence-electron chi connectivity index (χ4n) is 0.0581. The van der Waals surface area contributed by atoms with Gasteiger partial charge in [0, 0.05) is 0 Å². The molecule has 38 valence electrons. The highest BCUT2D eigenvalue weighted by molar-refractivity contribution is 6.44. The maximum Gasteiger partial charge on any atom is 0.562 e. The molecule has 0 aromatic carbocycles. The van der Waals surface area contributed by atoms with Gasteiger partial charge in [-0.3, -0.25) is 0 Å².